The van der Waals surface area contributed by atoms with Gasteiger partial charge >= 0.3 is 0 Å². The molecule has 0 aromatic heterocycles. The average molecular weight is 205 g/mol. The van der Waals surface area contributed by atoms with Crippen molar-refractivity contribution >= 4 is 0 Å². The maximum atomic E-state index is 9.65. The van der Waals surface area contributed by atoms with E-state index in [1.165, 1.54) is 24.8 Å². The van der Waals surface area contributed by atoms with E-state index < -0.39 is 0 Å². The number of hydrogen-bond acceptors (Lipinski definition) is 2. The molecule has 1 aromatic carbocycles. The number of rotatable bonds is 3. The Morgan fingerprint density at radius 1 is 1.27 bits per heavy atom. The first-order valence-electron chi connectivity index (χ1n) is 5.69. The summed E-state index contributed by atoms with van der Waals surface area (Å²) in [6.45, 7) is 4.83. The van der Waals surface area contributed by atoms with Crippen LogP contribution in [0.25, 0.3) is 0 Å². The minimum Gasteiger partial charge on any atom is -0.507 e. The van der Waals surface area contributed by atoms with Crippen LogP contribution in [0.15, 0.2) is 12.1 Å². The smallest absolute Gasteiger partial charge is 0.121 e. The molecule has 1 saturated carbocycles. The van der Waals surface area contributed by atoms with Gasteiger partial charge in [-0.05, 0) is 43.4 Å². The van der Waals surface area contributed by atoms with Crippen molar-refractivity contribution < 1.29 is 5.11 Å². The highest BCUT2D eigenvalue weighted by molar-refractivity contribution is 5.42. The summed E-state index contributed by atoms with van der Waals surface area (Å²) < 4.78 is 0. The molecule has 0 amide bonds. The molecule has 0 saturated heterocycles. The van der Waals surface area contributed by atoms with Gasteiger partial charge in [0.1, 0.15) is 5.75 Å². The second kappa shape index (κ2) is 4.23. The molecule has 1 aliphatic carbocycles. The summed E-state index contributed by atoms with van der Waals surface area (Å²) in [7, 11) is 0. The van der Waals surface area contributed by atoms with E-state index in [0.717, 1.165) is 23.7 Å². The highest BCUT2D eigenvalue weighted by atomic mass is 16.3. The Balaban J connectivity index is 2.01. The first kappa shape index (κ1) is 10.5. The van der Waals surface area contributed by atoms with Crippen LogP contribution in [0.1, 0.15) is 36.0 Å². The van der Waals surface area contributed by atoms with Crippen molar-refractivity contribution in [2.75, 3.05) is 0 Å². The maximum absolute atomic E-state index is 9.65. The monoisotopic (exact) mass is 205 g/mol. The molecule has 0 aliphatic heterocycles. The van der Waals surface area contributed by atoms with Gasteiger partial charge in [0, 0.05) is 12.6 Å². The normalized spacial score (nSPS) is 16.4. The fourth-order valence-corrected chi connectivity index (χ4v) is 2.02. The highest BCUT2D eigenvalue weighted by Crippen LogP contribution is 2.23. The summed E-state index contributed by atoms with van der Waals surface area (Å²) >= 11 is 0. The Bertz CT molecular complexity index is 333. The van der Waals surface area contributed by atoms with Gasteiger partial charge in [-0.15, -0.1) is 0 Å². The summed E-state index contributed by atoms with van der Waals surface area (Å²) in [5.41, 5.74) is 3.22. The second-order valence-electron chi connectivity index (χ2n) is 4.59. The van der Waals surface area contributed by atoms with E-state index in [1.807, 2.05) is 13.8 Å². The molecule has 0 bridgehead atoms. The Morgan fingerprint density at radius 2 is 1.87 bits per heavy atom. The molecule has 2 nitrogen and oxygen atoms in total. The van der Waals surface area contributed by atoms with E-state index in [9.17, 15) is 5.11 Å². The Kier molecular flexibility index (Phi) is 2.96. The number of aromatic hydroxyl groups is 1. The van der Waals surface area contributed by atoms with Crippen molar-refractivity contribution in [2.45, 2.75) is 45.7 Å². The summed E-state index contributed by atoms with van der Waals surface area (Å²) in [4.78, 5) is 0. The molecule has 2 N–H and O–H groups in total. The number of nitrogens with one attached hydrogen (secondary N) is 1. The SMILES string of the molecule is Cc1cc(CNC2CCC2)cc(C)c1O. The summed E-state index contributed by atoms with van der Waals surface area (Å²) in [5, 5.41) is 13.2. The molecule has 82 valence electrons. The number of hydrogen-bond donors (Lipinski definition) is 2. The number of benzene rings is 1. The topological polar surface area (TPSA) is 32.3 Å². The molecule has 1 aromatic rings. The lowest BCUT2D eigenvalue weighted by Crippen LogP contribution is -2.34. The van der Waals surface area contributed by atoms with Gasteiger partial charge in [0.05, 0.1) is 0 Å². The second-order valence-corrected chi connectivity index (χ2v) is 4.59. The van der Waals surface area contributed by atoms with Crippen molar-refractivity contribution in [3.63, 3.8) is 0 Å². The molecule has 0 spiro atoms. The molecule has 1 aliphatic rings. The number of aryl methyl sites for hydroxylation is 2. The molecule has 0 radical (unpaired) electrons. The third-order valence-corrected chi connectivity index (χ3v) is 3.25. The van der Waals surface area contributed by atoms with Gasteiger partial charge in [0.25, 0.3) is 0 Å². The van der Waals surface area contributed by atoms with E-state index in [0.29, 0.717) is 5.75 Å². The van der Waals surface area contributed by atoms with Gasteiger partial charge < -0.3 is 10.4 Å². The first-order chi connectivity index (χ1) is 7.16. The van der Waals surface area contributed by atoms with Gasteiger partial charge in [-0.3, -0.25) is 0 Å². The van der Waals surface area contributed by atoms with E-state index in [4.69, 9.17) is 0 Å². The van der Waals surface area contributed by atoms with Crippen LogP contribution in [0.5, 0.6) is 5.75 Å². The quantitative estimate of drug-likeness (QED) is 0.795. The summed E-state index contributed by atoms with van der Waals surface area (Å²) in [5.74, 6) is 0.433. The van der Waals surface area contributed by atoms with E-state index in [-0.39, 0.29) is 0 Å². The molecule has 0 unspecified atom stereocenters. The molecule has 15 heavy (non-hydrogen) atoms. The Morgan fingerprint density at radius 3 is 2.33 bits per heavy atom. The van der Waals surface area contributed by atoms with E-state index in [1.54, 1.807) is 0 Å². The van der Waals surface area contributed by atoms with Gasteiger partial charge in [-0.2, -0.15) is 0 Å². The zero-order valence-electron chi connectivity index (χ0n) is 9.51. The molecular weight excluding hydrogens is 186 g/mol. The van der Waals surface area contributed by atoms with Crippen LogP contribution in [0.2, 0.25) is 0 Å². The van der Waals surface area contributed by atoms with Gasteiger partial charge in [-0.1, -0.05) is 18.6 Å². The van der Waals surface area contributed by atoms with Crippen LogP contribution in [0.3, 0.4) is 0 Å². The molecule has 1 fully saturated rings. The minimum atomic E-state index is 0.433. The standard InChI is InChI=1S/C13H19NO/c1-9-6-11(7-10(2)13(9)15)8-14-12-4-3-5-12/h6-7,12,14-15H,3-5,8H2,1-2H3. The lowest BCUT2D eigenvalue weighted by molar-refractivity contribution is 0.338. The van der Waals surface area contributed by atoms with E-state index >= 15 is 0 Å². The minimum absolute atomic E-state index is 0.433. The first-order valence-corrected chi connectivity index (χ1v) is 5.69. The van der Waals surface area contributed by atoms with Crippen LogP contribution < -0.4 is 5.32 Å². The fraction of sp³-hybridized carbons (Fsp3) is 0.538. The molecular formula is C13H19NO. The zero-order chi connectivity index (χ0) is 10.8. The fourth-order valence-electron chi connectivity index (χ4n) is 2.02. The third kappa shape index (κ3) is 2.32. The van der Waals surface area contributed by atoms with Gasteiger partial charge in [0.15, 0.2) is 0 Å². The van der Waals surface area contributed by atoms with Crippen LogP contribution in [-0.2, 0) is 6.54 Å². The summed E-state index contributed by atoms with van der Waals surface area (Å²) in [6, 6.07) is 4.85. The van der Waals surface area contributed by atoms with Gasteiger partial charge in [0.2, 0.25) is 0 Å². The molecule has 0 atom stereocenters. The maximum Gasteiger partial charge on any atom is 0.121 e. The number of phenolic OH excluding ortho intramolecular Hbond substituents is 1. The third-order valence-electron chi connectivity index (χ3n) is 3.25. The molecule has 0 heterocycles. The van der Waals surface area contributed by atoms with Crippen molar-refractivity contribution in [2.24, 2.45) is 0 Å². The molecule has 2 heteroatoms. The predicted octanol–water partition coefficient (Wildman–Crippen LogP) is 2.65. The summed E-state index contributed by atoms with van der Waals surface area (Å²) in [6.07, 6.45) is 4.00. The van der Waals surface area contributed by atoms with Crippen molar-refractivity contribution in [3.8, 4) is 5.75 Å². The van der Waals surface area contributed by atoms with Crippen LogP contribution >= 0.6 is 0 Å². The largest absolute Gasteiger partial charge is 0.507 e. The Hall–Kier alpha value is -1.02. The lowest BCUT2D eigenvalue weighted by Gasteiger charge is -2.26. The van der Waals surface area contributed by atoms with E-state index in [2.05, 4.69) is 17.4 Å². The predicted molar refractivity (Wildman–Crippen MR) is 62.1 cm³/mol. The highest BCUT2D eigenvalue weighted by Gasteiger charge is 2.16. The lowest BCUT2D eigenvalue weighted by atomic mass is 9.93. The average Bonchev–Trinajstić information content (AvgIpc) is 2.11. The van der Waals surface area contributed by atoms with Crippen LogP contribution in [-0.4, -0.2) is 11.1 Å². The zero-order valence-corrected chi connectivity index (χ0v) is 9.51. The number of phenols is 1. The van der Waals surface area contributed by atoms with Crippen molar-refractivity contribution in [1.29, 1.82) is 0 Å². The van der Waals surface area contributed by atoms with Crippen LogP contribution in [0.4, 0.5) is 0 Å². The van der Waals surface area contributed by atoms with Gasteiger partial charge in [-0.25, -0.2) is 0 Å². The van der Waals surface area contributed by atoms with Crippen molar-refractivity contribution in [3.05, 3.63) is 28.8 Å². The van der Waals surface area contributed by atoms with Crippen molar-refractivity contribution in [1.82, 2.24) is 5.32 Å². The Labute approximate surface area is 91.3 Å². The van der Waals surface area contributed by atoms with Crippen LogP contribution in [0, 0.1) is 13.8 Å². The molecule has 2 rings (SSSR count).